The van der Waals surface area contributed by atoms with Crippen LogP contribution in [0.3, 0.4) is 0 Å². The zero-order chi connectivity index (χ0) is 13.3. The number of benzene rings is 1. The molecule has 18 heavy (non-hydrogen) atoms. The zero-order valence-electron chi connectivity index (χ0n) is 11.6. The van der Waals surface area contributed by atoms with Crippen LogP contribution in [0.2, 0.25) is 0 Å². The van der Waals surface area contributed by atoms with E-state index in [1.54, 1.807) is 0 Å². The molecule has 1 aliphatic heterocycles. The SMILES string of the molecule is CC1Cc2cc(C(=O)CNC(C)(C)C)ccc2N1. The van der Waals surface area contributed by atoms with Crippen molar-refractivity contribution >= 4 is 11.5 Å². The normalized spacial score (nSPS) is 18.3. The Hall–Kier alpha value is -1.35. The standard InChI is InChI=1S/C15H22N2O/c1-10-7-12-8-11(5-6-13(12)17-10)14(18)9-16-15(2,3)4/h5-6,8,10,16-17H,7,9H2,1-4H3. The van der Waals surface area contributed by atoms with E-state index in [1.807, 2.05) is 18.2 Å². The first kappa shape index (κ1) is 13.1. The highest BCUT2D eigenvalue weighted by atomic mass is 16.1. The zero-order valence-corrected chi connectivity index (χ0v) is 11.6. The van der Waals surface area contributed by atoms with Crippen molar-refractivity contribution < 1.29 is 4.79 Å². The van der Waals surface area contributed by atoms with Gasteiger partial charge in [-0.1, -0.05) is 0 Å². The van der Waals surface area contributed by atoms with Gasteiger partial charge in [0, 0.05) is 22.8 Å². The maximum atomic E-state index is 12.1. The number of anilines is 1. The van der Waals surface area contributed by atoms with Gasteiger partial charge in [0.15, 0.2) is 5.78 Å². The monoisotopic (exact) mass is 246 g/mol. The van der Waals surface area contributed by atoms with E-state index in [9.17, 15) is 4.79 Å². The first-order chi connectivity index (χ1) is 8.35. The molecular weight excluding hydrogens is 224 g/mol. The Labute approximate surface area is 109 Å². The largest absolute Gasteiger partial charge is 0.382 e. The molecule has 1 aromatic rings. The van der Waals surface area contributed by atoms with Crippen LogP contribution in [-0.4, -0.2) is 23.9 Å². The third-order valence-corrected chi connectivity index (χ3v) is 3.13. The summed E-state index contributed by atoms with van der Waals surface area (Å²) in [5.41, 5.74) is 3.20. The van der Waals surface area contributed by atoms with Crippen molar-refractivity contribution in [3.8, 4) is 0 Å². The molecule has 0 spiro atoms. The lowest BCUT2D eigenvalue weighted by molar-refractivity contribution is 0.0982. The molecule has 1 atom stereocenters. The van der Waals surface area contributed by atoms with Gasteiger partial charge in [-0.2, -0.15) is 0 Å². The minimum Gasteiger partial charge on any atom is -0.382 e. The van der Waals surface area contributed by atoms with Crippen molar-refractivity contribution in [1.82, 2.24) is 5.32 Å². The minimum atomic E-state index is -0.0253. The predicted octanol–water partition coefficient (Wildman–Crippen LogP) is 2.61. The summed E-state index contributed by atoms with van der Waals surface area (Å²) in [5, 5.41) is 6.62. The molecular formula is C15H22N2O. The summed E-state index contributed by atoms with van der Waals surface area (Å²) < 4.78 is 0. The van der Waals surface area contributed by atoms with E-state index in [-0.39, 0.29) is 11.3 Å². The van der Waals surface area contributed by atoms with E-state index in [2.05, 4.69) is 38.3 Å². The van der Waals surface area contributed by atoms with Crippen molar-refractivity contribution in [2.24, 2.45) is 0 Å². The number of Topliss-reactive ketones (excluding diaryl/α,β-unsaturated/α-hetero) is 1. The molecule has 3 heteroatoms. The molecule has 2 rings (SSSR count). The number of carbonyl (C=O) groups excluding carboxylic acids is 1. The van der Waals surface area contributed by atoms with Crippen LogP contribution in [0.25, 0.3) is 0 Å². The van der Waals surface area contributed by atoms with Crippen LogP contribution < -0.4 is 10.6 Å². The third-order valence-electron chi connectivity index (χ3n) is 3.13. The van der Waals surface area contributed by atoms with E-state index in [0.717, 1.165) is 12.0 Å². The van der Waals surface area contributed by atoms with E-state index >= 15 is 0 Å². The summed E-state index contributed by atoms with van der Waals surface area (Å²) in [6.07, 6.45) is 1.00. The van der Waals surface area contributed by atoms with Crippen LogP contribution in [-0.2, 0) is 6.42 Å². The van der Waals surface area contributed by atoms with Crippen molar-refractivity contribution in [3.63, 3.8) is 0 Å². The molecule has 0 fully saturated rings. The molecule has 98 valence electrons. The Bertz CT molecular complexity index is 460. The Balaban J connectivity index is 2.06. The smallest absolute Gasteiger partial charge is 0.176 e. The molecule has 1 heterocycles. The molecule has 0 amide bonds. The molecule has 1 aromatic carbocycles. The van der Waals surface area contributed by atoms with Crippen LogP contribution in [0.5, 0.6) is 0 Å². The average Bonchev–Trinajstić information content (AvgIpc) is 2.63. The van der Waals surface area contributed by atoms with Gasteiger partial charge in [-0.05, 0) is 57.9 Å². The number of hydrogen-bond donors (Lipinski definition) is 2. The summed E-state index contributed by atoms with van der Waals surface area (Å²) in [5.74, 6) is 0.160. The summed E-state index contributed by atoms with van der Waals surface area (Å²) in [6, 6.07) is 6.43. The number of hydrogen-bond acceptors (Lipinski definition) is 3. The number of fused-ring (bicyclic) bond motifs is 1. The highest BCUT2D eigenvalue weighted by molar-refractivity contribution is 5.98. The summed E-state index contributed by atoms with van der Waals surface area (Å²) in [4.78, 5) is 12.1. The van der Waals surface area contributed by atoms with Crippen molar-refractivity contribution in [2.45, 2.75) is 45.7 Å². The van der Waals surface area contributed by atoms with Crippen LogP contribution in [0.15, 0.2) is 18.2 Å². The topological polar surface area (TPSA) is 41.1 Å². The van der Waals surface area contributed by atoms with Crippen LogP contribution >= 0.6 is 0 Å². The highest BCUT2D eigenvalue weighted by Crippen LogP contribution is 2.26. The number of nitrogens with one attached hydrogen (secondary N) is 2. The van der Waals surface area contributed by atoms with Gasteiger partial charge < -0.3 is 10.6 Å². The van der Waals surface area contributed by atoms with E-state index in [1.165, 1.54) is 11.3 Å². The Kier molecular flexibility index (Phi) is 3.44. The minimum absolute atomic E-state index is 0.0253. The fraction of sp³-hybridized carbons (Fsp3) is 0.533. The second-order valence-corrected chi connectivity index (χ2v) is 6.15. The molecule has 0 saturated carbocycles. The van der Waals surface area contributed by atoms with E-state index in [4.69, 9.17) is 0 Å². The van der Waals surface area contributed by atoms with Gasteiger partial charge >= 0.3 is 0 Å². The number of rotatable bonds is 3. The Morgan fingerprint density at radius 3 is 2.83 bits per heavy atom. The first-order valence-corrected chi connectivity index (χ1v) is 6.53. The number of carbonyl (C=O) groups is 1. The lowest BCUT2D eigenvalue weighted by Crippen LogP contribution is -2.39. The van der Waals surface area contributed by atoms with E-state index in [0.29, 0.717) is 12.6 Å². The summed E-state index contributed by atoms with van der Waals surface area (Å²) in [6.45, 7) is 8.74. The molecule has 0 radical (unpaired) electrons. The van der Waals surface area contributed by atoms with Gasteiger partial charge in [-0.25, -0.2) is 0 Å². The Morgan fingerprint density at radius 2 is 2.17 bits per heavy atom. The van der Waals surface area contributed by atoms with Crippen LogP contribution in [0.4, 0.5) is 5.69 Å². The molecule has 2 N–H and O–H groups in total. The fourth-order valence-electron chi connectivity index (χ4n) is 2.17. The number of ketones is 1. The predicted molar refractivity (Wildman–Crippen MR) is 75.3 cm³/mol. The molecule has 0 saturated heterocycles. The van der Waals surface area contributed by atoms with Gasteiger partial charge in [0.25, 0.3) is 0 Å². The molecule has 0 aliphatic carbocycles. The first-order valence-electron chi connectivity index (χ1n) is 6.53. The quantitative estimate of drug-likeness (QED) is 0.806. The summed E-state index contributed by atoms with van der Waals surface area (Å²) in [7, 11) is 0. The van der Waals surface area contributed by atoms with Crippen LogP contribution in [0.1, 0.15) is 43.6 Å². The van der Waals surface area contributed by atoms with E-state index < -0.39 is 0 Å². The summed E-state index contributed by atoms with van der Waals surface area (Å²) >= 11 is 0. The van der Waals surface area contributed by atoms with Gasteiger partial charge in [-0.15, -0.1) is 0 Å². The van der Waals surface area contributed by atoms with Gasteiger partial charge in [0.05, 0.1) is 6.54 Å². The molecule has 1 aliphatic rings. The molecule has 0 aromatic heterocycles. The second kappa shape index (κ2) is 4.73. The molecule has 0 bridgehead atoms. The molecule has 1 unspecified atom stereocenters. The van der Waals surface area contributed by atoms with Crippen LogP contribution in [0, 0.1) is 0 Å². The lowest BCUT2D eigenvalue weighted by atomic mass is 10.0. The Morgan fingerprint density at radius 1 is 1.44 bits per heavy atom. The van der Waals surface area contributed by atoms with Crippen molar-refractivity contribution in [2.75, 3.05) is 11.9 Å². The van der Waals surface area contributed by atoms with Gasteiger partial charge in [-0.3, -0.25) is 4.79 Å². The average molecular weight is 246 g/mol. The second-order valence-electron chi connectivity index (χ2n) is 6.15. The lowest BCUT2D eigenvalue weighted by Gasteiger charge is -2.19. The maximum absolute atomic E-state index is 12.1. The maximum Gasteiger partial charge on any atom is 0.176 e. The van der Waals surface area contributed by atoms with Crippen molar-refractivity contribution in [1.29, 1.82) is 0 Å². The van der Waals surface area contributed by atoms with Crippen molar-refractivity contribution in [3.05, 3.63) is 29.3 Å². The highest BCUT2D eigenvalue weighted by Gasteiger charge is 2.19. The van der Waals surface area contributed by atoms with Gasteiger partial charge in [0.1, 0.15) is 0 Å². The fourth-order valence-corrected chi connectivity index (χ4v) is 2.17. The van der Waals surface area contributed by atoms with Gasteiger partial charge in [0.2, 0.25) is 0 Å². The third kappa shape index (κ3) is 3.10. The molecule has 3 nitrogen and oxygen atoms in total.